The maximum absolute atomic E-state index is 13.2. The van der Waals surface area contributed by atoms with Crippen LogP contribution in [-0.2, 0) is 57.2 Å². The van der Waals surface area contributed by atoms with Crippen LogP contribution in [0.3, 0.4) is 0 Å². The molecule has 14 heteroatoms. The van der Waals surface area contributed by atoms with Crippen molar-refractivity contribution in [1.29, 1.82) is 0 Å². The van der Waals surface area contributed by atoms with Gasteiger partial charge >= 0.3 is 17.9 Å². The Morgan fingerprint density at radius 1 is 0.571 bits per heavy atom. The number of nitrogens with zero attached hydrogens (tertiary/aromatic N) is 1. The number of hydrogen-bond donors (Lipinski definition) is 1. The molecule has 14 nitrogen and oxygen atoms in total. The van der Waals surface area contributed by atoms with Crippen LogP contribution < -0.4 is 5.32 Å². The summed E-state index contributed by atoms with van der Waals surface area (Å²) < 4.78 is 33.6. The summed E-state index contributed by atoms with van der Waals surface area (Å²) in [6.45, 7) is 15.7. The molecule has 1 heterocycles. The monoisotopic (exact) mass is 698 g/mol. The van der Waals surface area contributed by atoms with E-state index in [1.807, 2.05) is 0 Å². The zero-order valence-electron chi connectivity index (χ0n) is 30.9. The molecular weight excluding hydrogens is 640 g/mol. The van der Waals surface area contributed by atoms with Gasteiger partial charge in [-0.05, 0) is 75.2 Å². The van der Waals surface area contributed by atoms with Crippen molar-refractivity contribution in [2.75, 3.05) is 46.2 Å². The van der Waals surface area contributed by atoms with Crippen LogP contribution in [0.5, 0.6) is 0 Å². The van der Waals surface area contributed by atoms with Crippen LogP contribution in [0, 0.1) is 0 Å². The lowest BCUT2D eigenvalue weighted by Gasteiger charge is -2.34. The van der Waals surface area contributed by atoms with E-state index in [2.05, 4.69) is 5.32 Å². The van der Waals surface area contributed by atoms with Crippen LogP contribution in [0.4, 0.5) is 0 Å². The summed E-state index contributed by atoms with van der Waals surface area (Å²) in [4.78, 5) is 74.7. The SMILES string of the molecule is CC(C)(C)OC(=O)CCOCC(COCCC(=O)OC(C)(C)C)(COCCC(=O)OC(C)(C)C)NC(=O)CCCCCN1C(=O)C=CC1=O. The fraction of sp³-hybridized carbons (Fsp3) is 0.771. The average Bonchev–Trinajstić information content (AvgIpc) is 3.25. The van der Waals surface area contributed by atoms with Crippen LogP contribution >= 0.6 is 0 Å². The molecule has 0 aromatic carbocycles. The Balaban J connectivity index is 2.95. The Hall–Kier alpha value is -3.36. The van der Waals surface area contributed by atoms with E-state index in [4.69, 9.17) is 28.4 Å². The van der Waals surface area contributed by atoms with Gasteiger partial charge in [0.05, 0.1) is 58.9 Å². The summed E-state index contributed by atoms with van der Waals surface area (Å²) in [5.74, 6) is -2.38. The first kappa shape index (κ1) is 43.7. The lowest BCUT2D eigenvalue weighted by molar-refractivity contribution is -0.157. The number of unbranched alkanes of at least 4 members (excludes halogenated alkanes) is 2. The van der Waals surface area contributed by atoms with Gasteiger partial charge < -0.3 is 33.7 Å². The Morgan fingerprint density at radius 2 is 0.939 bits per heavy atom. The van der Waals surface area contributed by atoms with E-state index < -0.39 is 40.2 Å². The van der Waals surface area contributed by atoms with Gasteiger partial charge in [0.1, 0.15) is 22.3 Å². The summed E-state index contributed by atoms with van der Waals surface area (Å²) in [5.41, 5.74) is -3.23. The van der Waals surface area contributed by atoms with Gasteiger partial charge in [-0.15, -0.1) is 0 Å². The molecule has 0 saturated carbocycles. The Labute approximate surface area is 290 Å². The van der Waals surface area contributed by atoms with Crippen molar-refractivity contribution in [3.05, 3.63) is 12.2 Å². The molecule has 0 aromatic rings. The van der Waals surface area contributed by atoms with Gasteiger partial charge in [-0.25, -0.2) is 0 Å². The molecule has 0 aliphatic carbocycles. The fourth-order valence-electron chi connectivity index (χ4n) is 4.42. The summed E-state index contributed by atoms with van der Waals surface area (Å²) in [7, 11) is 0. The minimum atomic E-state index is -1.26. The highest BCUT2D eigenvalue weighted by atomic mass is 16.6. The van der Waals surface area contributed by atoms with Crippen molar-refractivity contribution in [2.24, 2.45) is 0 Å². The maximum atomic E-state index is 13.2. The van der Waals surface area contributed by atoms with Gasteiger partial charge in [0, 0.05) is 25.1 Å². The number of imide groups is 1. The highest BCUT2D eigenvalue weighted by Gasteiger charge is 2.34. The third-order valence-electron chi connectivity index (χ3n) is 6.34. The molecule has 0 radical (unpaired) electrons. The standard InChI is InChI=1S/C35H58N2O12/c1-32(2,3)47-29(41)16-20-44-23-35(24-45-21-17-30(42)48-33(4,5)6,25-46-22-18-31(43)49-34(7,8)9)36-26(38)13-11-10-12-19-37-27(39)14-15-28(37)40/h14-15H,10-13,16-25H2,1-9H3,(H,36,38). The summed E-state index contributed by atoms with van der Waals surface area (Å²) in [6, 6.07) is 0. The van der Waals surface area contributed by atoms with Gasteiger partial charge in [0.15, 0.2) is 0 Å². The highest BCUT2D eigenvalue weighted by Crippen LogP contribution is 2.15. The summed E-state index contributed by atoms with van der Waals surface area (Å²) in [6.07, 6.45) is 4.09. The molecule has 49 heavy (non-hydrogen) atoms. The Morgan fingerprint density at radius 3 is 1.29 bits per heavy atom. The number of amides is 3. The van der Waals surface area contributed by atoms with Gasteiger partial charge in [-0.3, -0.25) is 33.7 Å². The van der Waals surface area contributed by atoms with E-state index in [1.165, 1.54) is 12.2 Å². The molecule has 1 aliphatic heterocycles. The molecule has 0 atom stereocenters. The van der Waals surface area contributed by atoms with Crippen LogP contribution in [0.2, 0.25) is 0 Å². The number of ether oxygens (including phenoxy) is 6. The van der Waals surface area contributed by atoms with E-state index in [9.17, 15) is 28.8 Å². The van der Waals surface area contributed by atoms with Crippen LogP contribution in [0.1, 0.15) is 107 Å². The van der Waals surface area contributed by atoms with Crippen molar-refractivity contribution in [3.63, 3.8) is 0 Å². The number of carbonyl (C=O) groups is 6. The minimum absolute atomic E-state index is 0.00878. The second-order valence-electron chi connectivity index (χ2n) is 15.0. The molecular formula is C35H58N2O12. The number of esters is 3. The van der Waals surface area contributed by atoms with Crippen molar-refractivity contribution in [3.8, 4) is 0 Å². The highest BCUT2D eigenvalue weighted by molar-refractivity contribution is 6.12. The third-order valence-corrected chi connectivity index (χ3v) is 6.34. The first-order valence-corrected chi connectivity index (χ1v) is 16.8. The Kier molecular flexibility index (Phi) is 18.1. The van der Waals surface area contributed by atoms with E-state index in [-0.39, 0.29) is 89.6 Å². The van der Waals surface area contributed by atoms with Crippen molar-refractivity contribution >= 4 is 35.6 Å². The molecule has 0 unspecified atom stereocenters. The van der Waals surface area contributed by atoms with E-state index in [0.717, 1.165) is 4.90 Å². The van der Waals surface area contributed by atoms with Crippen LogP contribution in [0.15, 0.2) is 12.2 Å². The van der Waals surface area contributed by atoms with Gasteiger partial charge in [0.25, 0.3) is 11.8 Å². The van der Waals surface area contributed by atoms with E-state index in [1.54, 1.807) is 62.3 Å². The first-order valence-electron chi connectivity index (χ1n) is 16.8. The fourth-order valence-corrected chi connectivity index (χ4v) is 4.42. The number of carbonyl (C=O) groups excluding carboxylic acids is 6. The summed E-state index contributed by atoms with van der Waals surface area (Å²) in [5, 5.41) is 2.96. The smallest absolute Gasteiger partial charge is 0.308 e. The van der Waals surface area contributed by atoms with Crippen LogP contribution in [0.25, 0.3) is 0 Å². The Bertz CT molecular complexity index is 1040. The molecule has 0 spiro atoms. The van der Waals surface area contributed by atoms with Gasteiger partial charge in [-0.2, -0.15) is 0 Å². The van der Waals surface area contributed by atoms with E-state index >= 15 is 0 Å². The molecule has 280 valence electrons. The van der Waals surface area contributed by atoms with Gasteiger partial charge in [0.2, 0.25) is 5.91 Å². The lowest BCUT2D eigenvalue weighted by Crippen LogP contribution is -2.58. The zero-order chi connectivity index (χ0) is 37.3. The molecule has 3 amide bonds. The molecule has 1 aliphatic rings. The number of hydrogen-bond acceptors (Lipinski definition) is 12. The minimum Gasteiger partial charge on any atom is -0.460 e. The molecule has 1 N–H and O–H groups in total. The zero-order valence-corrected chi connectivity index (χ0v) is 30.9. The van der Waals surface area contributed by atoms with Crippen molar-refractivity contribution in [1.82, 2.24) is 10.2 Å². The lowest BCUT2D eigenvalue weighted by atomic mass is 10.0. The molecule has 0 bridgehead atoms. The third kappa shape index (κ3) is 21.4. The molecule has 1 rings (SSSR count). The first-order chi connectivity index (χ1) is 22.6. The predicted octanol–water partition coefficient (Wildman–Crippen LogP) is 3.57. The topological polar surface area (TPSA) is 173 Å². The molecule has 0 aromatic heterocycles. The quantitative estimate of drug-likeness (QED) is 0.0755. The molecule has 0 fully saturated rings. The van der Waals surface area contributed by atoms with Gasteiger partial charge in [-0.1, -0.05) is 6.42 Å². The summed E-state index contributed by atoms with van der Waals surface area (Å²) >= 11 is 0. The second kappa shape index (κ2) is 20.3. The number of nitrogens with one attached hydrogen (secondary N) is 1. The average molecular weight is 699 g/mol. The normalized spacial score (nSPS) is 13.9. The predicted molar refractivity (Wildman–Crippen MR) is 179 cm³/mol. The molecule has 0 saturated heterocycles. The van der Waals surface area contributed by atoms with E-state index in [0.29, 0.717) is 19.3 Å². The largest absolute Gasteiger partial charge is 0.460 e. The van der Waals surface area contributed by atoms with Crippen molar-refractivity contribution < 1.29 is 57.2 Å². The second-order valence-corrected chi connectivity index (χ2v) is 15.0. The van der Waals surface area contributed by atoms with Crippen LogP contribution in [-0.4, -0.2) is 109 Å². The van der Waals surface area contributed by atoms with Crippen molar-refractivity contribution in [2.45, 2.75) is 130 Å². The maximum Gasteiger partial charge on any atom is 0.308 e. The number of rotatable bonds is 22.